The van der Waals surface area contributed by atoms with Crippen LogP contribution in [0.15, 0.2) is 53.4 Å². The molecule has 25 heavy (non-hydrogen) atoms. The summed E-state index contributed by atoms with van der Waals surface area (Å²) in [6.45, 7) is 2.80. The van der Waals surface area contributed by atoms with Gasteiger partial charge in [0.2, 0.25) is 5.91 Å². The van der Waals surface area contributed by atoms with Crippen molar-refractivity contribution in [3.63, 3.8) is 0 Å². The van der Waals surface area contributed by atoms with Gasteiger partial charge in [0.1, 0.15) is 0 Å². The van der Waals surface area contributed by atoms with E-state index in [2.05, 4.69) is 9.62 Å². The van der Waals surface area contributed by atoms with Gasteiger partial charge in [0.05, 0.1) is 10.6 Å². The Hall–Kier alpha value is -2.38. The molecule has 0 atom stereocenters. The Balaban J connectivity index is 1.81. The second-order valence-corrected chi connectivity index (χ2v) is 7.82. The van der Waals surface area contributed by atoms with E-state index in [1.807, 2.05) is 18.2 Å². The molecule has 0 radical (unpaired) electrons. The summed E-state index contributed by atoms with van der Waals surface area (Å²) in [5.41, 5.74) is 6.98. The SMILES string of the molecule is NC(=O)c1ccc(S(=O)(=O)Nc2ccccc2CN2CCCC2)cc1. The van der Waals surface area contributed by atoms with Crippen LogP contribution >= 0.6 is 0 Å². The lowest BCUT2D eigenvalue weighted by molar-refractivity contribution is 0.1000. The standard InChI is InChI=1S/C18H21N3O3S/c19-18(22)14-7-9-16(10-8-14)25(23,24)20-17-6-2-1-5-15(17)13-21-11-3-4-12-21/h1-2,5-10,20H,3-4,11-13H2,(H2,19,22). The van der Waals surface area contributed by atoms with Crippen LogP contribution in [0, 0.1) is 0 Å². The number of rotatable bonds is 6. The number of amides is 1. The van der Waals surface area contributed by atoms with E-state index in [1.165, 1.54) is 37.1 Å². The average molecular weight is 359 g/mol. The number of nitrogens with two attached hydrogens (primary N) is 1. The molecule has 3 rings (SSSR count). The summed E-state index contributed by atoms with van der Waals surface area (Å²) in [6.07, 6.45) is 2.36. The highest BCUT2D eigenvalue weighted by Gasteiger charge is 2.18. The van der Waals surface area contributed by atoms with Crippen LogP contribution in [0.3, 0.4) is 0 Å². The van der Waals surface area contributed by atoms with Crippen molar-refractivity contribution in [1.82, 2.24) is 4.90 Å². The number of hydrogen-bond acceptors (Lipinski definition) is 4. The van der Waals surface area contributed by atoms with E-state index in [0.29, 0.717) is 5.69 Å². The zero-order valence-electron chi connectivity index (χ0n) is 13.8. The number of primary amides is 1. The molecule has 0 bridgehead atoms. The van der Waals surface area contributed by atoms with Gasteiger partial charge < -0.3 is 5.73 Å². The molecule has 1 amide bonds. The van der Waals surface area contributed by atoms with Crippen molar-refractivity contribution in [1.29, 1.82) is 0 Å². The summed E-state index contributed by atoms with van der Waals surface area (Å²) < 4.78 is 27.9. The minimum atomic E-state index is -3.73. The van der Waals surface area contributed by atoms with Crippen molar-refractivity contribution in [2.45, 2.75) is 24.3 Å². The molecule has 1 heterocycles. The van der Waals surface area contributed by atoms with Gasteiger partial charge in [0.15, 0.2) is 0 Å². The fraction of sp³-hybridized carbons (Fsp3) is 0.278. The zero-order valence-corrected chi connectivity index (χ0v) is 14.6. The van der Waals surface area contributed by atoms with Crippen LogP contribution in [0.5, 0.6) is 0 Å². The van der Waals surface area contributed by atoms with Crippen LogP contribution in [0.25, 0.3) is 0 Å². The van der Waals surface area contributed by atoms with Crippen molar-refractivity contribution in [2.75, 3.05) is 17.8 Å². The van der Waals surface area contributed by atoms with Gasteiger partial charge in [-0.05, 0) is 61.8 Å². The molecule has 1 aliphatic rings. The third kappa shape index (κ3) is 4.18. The molecule has 0 aliphatic carbocycles. The first kappa shape index (κ1) is 17.4. The Kier molecular flexibility index (Phi) is 5.06. The molecular weight excluding hydrogens is 338 g/mol. The lowest BCUT2D eigenvalue weighted by Gasteiger charge is -2.18. The summed E-state index contributed by atoms with van der Waals surface area (Å²) in [5, 5.41) is 0. The summed E-state index contributed by atoms with van der Waals surface area (Å²) in [4.78, 5) is 13.5. The van der Waals surface area contributed by atoms with Gasteiger partial charge in [-0.3, -0.25) is 14.4 Å². The number of sulfonamides is 1. The molecule has 2 aromatic carbocycles. The molecule has 0 saturated carbocycles. The van der Waals surface area contributed by atoms with Crippen LogP contribution in [0.4, 0.5) is 5.69 Å². The topological polar surface area (TPSA) is 92.5 Å². The number of para-hydroxylation sites is 1. The molecule has 1 fully saturated rings. The molecule has 6 nitrogen and oxygen atoms in total. The first-order chi connectivity index (χ1) is 12.0. The second kappa shape index (κ2) is 7.25. The summed E-state index contributed by atoms with van der Waals surface area (Å²) in [7, 11) is -3.73. The normalized spacial score (nSPS) is 15.2. The molecule has 132 valence electrons. The van der Waals surface area contributed by atoms with E-state index in [0.717, 1.165) is 25.2 Å². The molecule has 1 aliphatic heterocycles. The highest BCUT2D eigenvalue weighted by atomic mass is 32.2. The lowest BCUT2D eigenvalue weighted by Crippen LogP contribution is -2.20. The number of nitrogens with zero attached hydrogens (tertiary/aromatic N) is 1. The van der Waals surface area contributed by atoms with Gasteiger partial charge in [0.25, 0.3) is 10.0 Å². The van der Waals surface area contributed by atoms with E-state index >= 15 is 0 Å². The van der Waals surface area contributed by atoms with E-state index in [9.17, 15) is 13.2 Å². The Labute approximate surface area is 147 Å². The average Bonchev–Trinajstić information content (AvgIpc) is 3.09. The van der Waals surface area contributed by atoms with Gasteiger partial charge in [-0.25, -0.2) is 8.42 Å². The summed E-state index contributed by atoms with van der Waals surface area (Å²) >= 11 is 0. The van der Waals surface area contributed by atoms with E-state index in [4.69, 9.17) is 5.73 Å². The van der Waals surface area contributed by atoms with Crippen LogP contribution in [0.1, 0.15) is 28.8 Å². The fourth-order valence-corrected chi connectivity index (χ4v) is 4.04. The molecule has 7 heteroatoms. The first-order valence-electron chi connectivity index (χ1n) is 8.19. The molecule has 3 N–H and O–H groups in total. The highest BCUT2D eigenvalue weighted by molar-refractivity contribution is 7.92. The zero-order chi connectivity index (χ0) is 17.9. The molecule has 0 unspecified atom stereocenters. The van der Waals surface area contributed by atoms with Crippen molar-refractivity contribution >= 4 is 21.6 Å². The third-order valence-electron chi connectivity index (χ3n) is 4.30. The highest BCUT2D eigenvalue weighted by Crippen LogP contribution is 2.23. The number of carbonyl (C=O) groups is 1. The minimum Gasteiger partial charge on any atom is -0.366 e. The van der Waals surface area contributed by atoms with Gasteiger partial charge >= 0.3 is 0 Å². The van der Waals surface area contributed by atoms with Crippen LogP contribution in [0.2, 0.25) is 0 Å². The number of benzene rings is 2. The van der Waals surface area contributed by atoms with Gasteiger partial charge in [0, 0.05) is 12.1 Å². The van der Waals surface area contributed by atoms with Crippen LogP contribution in [-0.2, 0) is 16.6 Å². The maximum Gasteiger partial charge on any atom is 0.261 e. The molecule has 0 spiro atoms. The largest absolute Gasteiger partial charge is 0.366 e. The van der Waals surface area contributed by atoms with Crippen LogP contribution in [-0.4, -0.2) is 32.3 Å². The Morgan fingerprint density at radius 3 is 2.32 bits per heavy atom. The predicted octanol–water partition coefficient (Wildman–Crippen LogP) is 2.18. The monoisotopic (exact) mass is 359 g/mol. The lowest BCUT2D eigenvalue weighted by atomic mass is 10.2. The maximum absolute atomic E-state index is 12.6. The number of likely N-dealkylation sites (tertiary alicyclic amines) is 1. The van der Waals surface area contributed by atoms with Gasteiger partial charge in [-0.1, -0.05) is 18.2 Å². The number of anilines is 1. The third-order valence-corrected chi connectivity index (χ3v) is 5.68. The van der Waals surface area contributed by atoms with E-state index < -0.39 is 15.9 Å². The summed E-state index contributed by atoms with van der Waals surface area (Å²) in [5.74, 6) is -0.590. The number of carbonyl (C=O) groups excluding carboxylic acids is 1. The predicted molar refractivity (Wildman–Crippen MR) is 96.7 cm³/mol. The Morgan fingerprint density at radius 1 is 1.04 bits per heavy atom. The Bertz CT molecular complexity index is 857. The Morgan fingerprint density at radius 2 is 1.68 bits per heavy atom. The van der Waals surface area contributed by atoms with Crippen molar-refractivity contribution in [3.05, 3.63) is 59.7 Å². The summed E-state index contributed by atoms with van der Waals surface area (Å²) in [6, 6.07) is 13.0. The fourth-order valence-electron chi connectivity index (χ4n) is 2.94. The van der Waals surface area contributed by atoms with Crippen molar-refractivity contribution < 1.29 is 13.2 Å². The molecule has 2 aromatic rings. The second-order valence-electron chi connectivity index (χ2n) is 6.13. The van der Waals surface area contributed by atoms with Gasteiger partial charge in [-0.15, -0.1) is 0 Å². The van der Waals surface area contributed by atoms with E-state index in [-0.39, 0.29) is 10.5 Å². The maximum atomic E-state index is 12.6. The van der Waals surface area contributed by atoms with Crippen LogP contribution < -0.4 is 10.5 Å². The molecule has 0 aromatic heterocycles. The smallest absolute Gasteiger partial charge is 0.261 e. The minimum absolute atomic E-state index is 0.0912. The number of nitrogens with one attached hydrogen (secondary N) is 1. The van der Waals surface area contributed by atoms with Crippen molar-refractivity contribution in [2.24, 2.45) is 5.73 Å². The van der Waals surface area contributed by atoms with Crippen molar-refractivity contribution in [3.8, 4) is 0 Å². The number of hydrogen-bond donors (Lipinski definition) is 2. The quantitative estimate of drug-likeness (QED) is 0.827. The first-order valence-corrected chi connectivity index (χ1v) is 9.67. The van der Waals surface area contributed by atoms with E-state index in [1.54, 1.807) is 6.07 Å². The molecular formula is C18H21N3O3S. The molecule has 1 saturated heterocycles. The van der Waals surface area contributed by atoms with Gasteiger partial charge in [-0.2, -0.15) is 0 Å².